The number of likely N-dealkylation sites (N-methyl/N-ethyl adjacent to an activating group) is 1. The molecule has 0 heterocycles. The van der Waals surface area contributed by atoms with E-state index in [0.29, 0.717) is 0 Å². The first-order chi connectivity index (χ1) is 9.53. The van der Waals surface area contributed by atoms with Crippen LogP contribution in [0.25, 0.3) is 0 Å². The minimum Gasteiger partial charge on any atom is -0.542 e. The van der Waals surface area contributed by atoms with Gasteiger partial charge in [-0.1, -0.05) is 25.7 Å². The highest BCUT2D eigenvalue weighted by molar-refractivity contribution is 6.73. The molecular formula is C16H31NO2Si2. The Balaban J connectivity index is 2.78. The van der Waals surface area contributed by atoms with Crippen molar-refractivity contribution in [3.63, 3.8) is 0 Å². The first-order valence-corrected chi connectivity index (χ1v) is 14.5. The quantitative estimate of drug-likeness (QED) is 0.701. The zero-order valence-electron chi connectivity index (χ0n) is 14.9. The smallest absolute Gasteiger partial charge is 0.242 e. The number of rotatable bonds is 7. The Morgan fingerprint density at radius 2 is 1.62 bits per heavy atom. The van der Waals surface area contributed by atoms with Gasteiger partial charge in [-0.2, -0.15) is 0 Å². The van der Waals surface area contributed by atoms with Crippen LogP contribution in [-0.2, 0) is 6.42 Å². The summed E-state index contributed by atoms with van der Waals surface area (Å²) in [5.74, 6) is 1.73. The molecule has 0 aromatic heterocycles. The van der Waals surface area contributed by atoms with Crippen molar-refractivity contribution in [3.8, 4) is 11.5 Å². The van der Waals surface area contributed by atoms with E-state index in [1.54, 1.807) is 7.11 Å². The minimum atomic E-state index is -1.61. The van der Waals surface area contributed by atoms with Crippen molar-refractivity contribution in [1.29, 1.82) is 0 Å². The van der Waals surface area contributed by atoms with Crippen molar-refractivity contribution in [2.75, 3.05) is 20.7 Å². The van der Waals surface area contributed by atoms with Gasteiger partial charge < -0.3 is 13.7 Å². The van der Waals surface area contributed by atoms with E-state index in [1.807, 2.05) is 0 Å². The van der Waals surface area contributed by atoms with Gasteiger partial charge in [-0.15, -0.1) is 0 Å². The molecule has 0 aliphatic heterocycles. The van der Waals surface area contributed by atoms with Crippen LogP contribution in [0.3, 0.4) is 0 Å². The molecule has 1 aromatic rings. The maximum absolute atomic E-state index is 6.07. The highest BCUT2D eigenvalue weighted by Crippen LogP contribution is 2.30. The van der Waals surface area contributed by atoms with E-state index in [9.17, 15) is 0 Å². The summed E-state index contributed by atoms with van der Waals surface area (Å²) in [4.78, 5) is 0. The second-order valence-electron chi connectivity index (χ2n) is 7.54. The lowest BCUT2D eigenvalue weighted by molar-refractivity contribution is 0.391. The molecule has 0 aliphatic rings. The molecule has 0 N–H and O–H groups in total. The van der Waals surface area contributed by atoms with E-state index in [1.165, 1.54) is 5.56 Å². The Morgan fingerprint density at radius 3 is 2.10 bits per heavy atom. The molecule has 0 saturated heterocycles. The summed E-state index contributed by atoms with van der Waals surface area (Å²) in [5, 5.41) is 0. The molecule has 0 atom stereocenters. The second-order valence-corrected chi connectivity index (χ2v) is 17.1. The Kier molecular flexibility index (Phi) is 6.07. The maximum atomic E-state index is 6.07. The van der Waals surface area contributed by atoms with Crippen LogP contribution in [0.5, 0.6) is 11.5 Å². The summed E-state index contributed by atoms with van der Waals surface area (Å²) in [6.45, 7) is 14.8. The molecule has 5 heteroatoms. The van der Waals surface area contributed by atoms with Crippen molar-refractivity contribution < 1.29 is 9.16 Å². The van der Waals surface area contributed by atoms with Gasteiger partial charge in [-0.05, 0) is 57.4 Å². The monoisotopic (exact) mass is 325 g/mol. The first-order valence-electron chi connectivity index (χ1n) is 7.60. The Labute approximate surface area is 132 Å². The van der Waals surface area contributed by atoms with Crippen LogP contribution >= 0.6 is 0 Å². The second kappa shape index (κ2) is 6.98. The summed E-state index contributed by atoms with van der Waals surface area (Å²) in [6.07, 6.45) is 1.05. The zero-order chi connectivity index (χ0) is 16.3. The van der Waals surface area contributed by atoms with Gasteiger partial charge in [0.05, 0.1) is 7.11 Å². The lowest BCUT2D eigenvalue weighted by atomic mass is 10.1. The third-order valence-electron chi connectivity index (χ3n) is 3.53. The molecule has 0 spiro atoms. The number of methoxy groups -OCH3 is 1. The van der Waals surface area contributed by atoms with Crippen LogP contribution in [0, 0.1) is 0 Å². The minimum absolute atomic E-state index is 0.852. The maximum Gasteiger partial charge on any atom is 0.242 e. The summed E-state index contributed by atoms with van der Waals surface area (Å²) >= 11 is 0. The van der Waals surface area contributed by atoms with E-state index in [2.05, 4.69) is 69.1 Å². The van der Waals surface area contributed by atoms with Crippen LogP contribution < -0.4 is 9.16 Å². The van der Waals surface area contributed by atoms with Gasteiger partial charge in [0.15, 0.2) is 5.75 Å². The van der Waals surface area contributed by atoms with Crippen molar-refractivity contribution >= 4 is 16.6 Å². The molecule has 0 saturated carbocycles. The van der Waals surface area contributed by atoms with Gasteiger partial charge in [0.1, 0.15) is 14.0 Å². The predicted molar refractivity (Wildman–Crippen MR) is 96.6 cm³/mol. The topological polar surface area (TPSA) is 21.7 Å². The number of ether oxygens (including phenoxy) is 1. The van der Waals surface area contributed by atoms with Crippen molar-refractivity contribution in [3.05, 3.63) is 23.8 Å². The van der Waals surface area contributed by atoms with Crippen molar-refractivity contribution in [1.82, 2.24) is 4.57 Å². The lowest BCUT2D eigenvalue weighted by Crippen LogP contribution is -2.44. The summed E-state index contributed by atoms with van der Waals surface area (Å²) in [6, 6.07) is 6.34. The van der Waals surface area contributed by atoms with Crippen molar-refractivity contribution in [2.45, 2.75) is 45.7 Å². The van der Waals surface area contributed by atoms with E-state index in [0.717, 1.165) is 24.5 Å². The Bertz CT molecular complexity index is 464. The largest absolute Gasteiger partial charge is 0.542 e. The molecule has 3 nitrogen and oxygen atoms in total. The van der Waals surface area contributed by atoms with Gasteiger partial charge in [0.25, 0.3) is 0 Å². The number of hydrogen-bond acceptors (Lipinski definition) is 3. The van der Waals surface area contributed by atoms with Gasteiger partial charge in [-0.25, -0.2) is 0 Å². The third-order valence-corrected chi connectivity index (χ3v) is 6.87. The summed E-state index contributed by atoms with van der Waals surface area (Å²) in [5.41, 5.74) is 1.31. The SMILES string of the molecule is COc1cc(CCN(C)[Si](C)(C)C)ccc1O[Si](C)(C)C. The van der Waals surface area contributed by atoms with E-state index >= 15 is 0 Å². The van der Waals surface area contributed by atoms with Gasteiger partial charge in [0.2, 0.25) is 8.32 Å². The zero-order valence-corrected chi connectivity index (χ0v) is 16.9. The predicted octanol–water partition coefficient (Wildman–Crippen LogP) is 4.22. The Hall–Kier alpha value is -0.786. The highest BCUT2D eigenvalue weighted by atomic mass is 28.4. The molecule has 0 fully saturated rings. The Morgan fingerprint density at radius 1 is 1.00 bits per heavy atom. The number of hydrogen-bond donors (Lipinski definition) is 0. The van der Waals surface area contributed by atoms with Crippen LogP contribution in [-0.4, -0.2) is 41.8 Å². The average Bonchev–Trinajstić information content (AvgIpc) is 2.34. The first kappa shape index (κ1) is 18.3. The molecule has 0 aliphatic carbocycles. The molecule has 0 radical (unpaired) electrons. The fraction of sp³-hybridized carbons (Fsp3) is 0.625. The van der Waals surface area contributed by atoms with E-state index < -0.39 is 16.6 Å². The van der Waals surface area contributed by atoms with E-state index in [4.69, 9.17) is 9.16 Å². The van der Waals surface area contributed by atoms with Crippen LogP contribution in [0.4, 0.5) is 0 Å². The van der Waals surface area contributed by atoms with Gasteiger partial charge in [0, 0.05) is 0 Å². The fourth-order valence-corrected chi connectivity index (χ4v) is 3.52. The van der Waals surface area contributed by atoms with Crippen LogP contribution in [0.2, 0.25) is 39.3 Å². The molecule has 120 valence electrons. The molecule has 0 unspecified atom stereocenters. The lowest BCUT2D eigenvalue weighted by Gasteiger charge is -2.30. The van der Waals surface area contributed by atoms with Crippen LogP contribution in [0.1, 0.15) is 5.56 Å². The third kappa shape index (κ3) is 6.24. The van der Waals surface area contributed by atoms with Crippen LogP contribution in [0.15, 0.2) is 18.2 Å². The summed E-state index contributed by atoms with van der Waals surface area (Å²) < 4.78 is 14.1. The normalized spacial score (nSPS) is 12.6. The molecular weight excluding hydrogens is 294 g/mol. The molecule has 1 aromatic carbocycles. The number of benzene rings is 1. The standard InChI is InChI=1S/C16H31NO2Si2/c1-17(20(3,4)5)12-11-14-9-10-15(16(13-14)18-2)19-21(6,7)8/h9-10,13H,11-12H2,1-8H3. The molecule has 0 bridgehead atoms. The van der Waals surface area contributed by atoms with E-state index in [-0.39, 0.29) is 0 Å². The molecule has 1 rings (SSSR count). The number of nitrogens with zero attached hydrogens (tertiary/aromatic N) is 1. The van der Waals surface area contributed by atoms with Gasteiger partial charge in [-0.3, -0.25) is 0 Å². The molecule has 21 heavy (non-hydrogen) atoms. The fourth-order valence-electron chi connectivity index (χ4n) is 1.91. The summed E-state index contributed by atoms with van der Waals surface area (Å²) in [7, 11) is 1.14. The molecule has 0 amide bonds. The highest BCUT2D eigenvalue weighted by Gasteiger charge is 2.20. The van der Waals surface area contributed by atoms with Gasteiger partial charge >= 0.3 is 0 Å². The van der Waals surface area contributed by atoms with Crippen molar-refractivity contribution in [2.24, 2.45) is 0 Å². The average molecular weight is 326 g/mol.